The minimum absolute atomic E-state index is 0.158. The van der Waals surface area contributed by atoms with Gasteiger partial charge in [-0.2, -0.15) is 5.10 Å². The van der Waals surface area contributed by atoms with Gasteiger partial charge in [-0.05, 0) is 37.6 Å². The van der Waals surface area contributed by atoms with E-state index in [1.54, 1.807) is 16.8 Å². The maximum absolute atomic E-state index is 13.7. The molecule has 2 rings (SSSR count). The zero-order valence-corrected chi connectivity index (χ0v) is 9.24. The van der Waals surface area contributed by atoms with Crippen LogP contribution in [0.1, 0.15) is 17.0 Å². The van der Waals surface area contributed by atoms with Gasteiger partial charge >= 0.3 is 0 Å². The first kappa shape index (κ1) is 10.8. The van der Waals surface area contributed by atoms with Crippen molar-refractivity contribution in [1.82, 2.24) is 9.78 Å². The molecular formula is C12H13FN2O. The van der Waals surface area contributed by atoms with Crippen LogP contribution < -0.4 is 0 Å². The standard InChI is InChI=1S/C12H13FN2O/c1-8-5-9(2)15(14-8)12-4-3-10(7-16)6-11(12)13/h3-6,16H,7H2,1-2H3. The van der Waals surface area contributed by atoms with E-state index in [0.717, 1.165) is 11.4 Å². The second kappa shape index (κ2) is 4.06. The van der Waals surface area contributed by atoms with Crippen LogP contribution in [0.2, 0.25) is 0 Å². The first-order chi connectivity index (χ1) is 7.61. The van der Waals surface area contributed by atoms with E-state index >= 15 is 0 Å². The minimum atomic E-state index is -0.377. The fraction of sp³-hybridized carbons (Fsp3) is 0.250. The fourth-order valence-corrected chi connectivity index (χ4v) is 1.69. The Labute approximate surface area is 93.2 Å². The molecule has 4 heteroatoms. The van der Waals surface area contributed by atoms with Crippen LogP contribution in [0.5, 0.6) is 0 Å². The summed E-state index contributed by atoms with van der Waals surface area (Å²) in [7, 11) is 0. The normalized spacial score (nSPS) is 10.8. The lowest BCUT2D eigenvalue weighted by Gasteiger charge is -2.06. The van der Waals surface area contributed by atoms with Crippen LogP contribution in [0.25, 0.3) is 5.69 Å². The number of aromatic nitrogens is 2. The summed E-state index contributed by atoms with van der Waals surface area (Å²) in [4.78, 5) is 0. The highest BCUT2D eigenvalue weighted by Crippen LogP contribution is 2.17. The molecule has 0 saturated carbocycles. The molecule has 16 heavy (non-hydrogen) atoms. The van der Waals surface area contributed by atoms with E-state index in [9.17, 15) is 4.39 Å². The maximum Gasteiger partial charge on any atom is 0.149 e. The molecule has 1 aromatic heterocycles. The Morgan fingerprint density at radius 1 is 1.31 bits per heavy atom. The molecule has 0 aliphatic carbocycles. The third-order valence-electron chi connectivity index (χ3n) is 2.43. The fourth-order valence-electron chi connectivity index (χ4n) is 1.69. The van der Waals surface area contributed by atoms with Crippen molar-refractivity contribution < 1.29 is 9.50 Å². The van der Waals surface area contributed by atoms with Gasteiger partial charge in [0.25, 0.3) is 0 Å². The predicted molar refractivity (Wildman–Crippen MR) is 58.9 cm³/mol. The van der Waals surface area contributed by atoms with Gasteiger partial charge in [-0.3, -0.25) is 0 Å². The first-order valence-corrected chi connectivity index (χ1v) is 5.04. The van der Waals surface area contributed by atoms with E-state index in [-0.39, 0.29) is 12.4 Å². The third-order valence-corrected chi connectivity index (χ3v) is 2.43. The molecule has 0 amide bonds. The largest absolute Gasteiger partial charge is 0.392 e. The molecule has 0 atom stereocenters. The average molecular weight is 220 g/mol. The number of aliphatic hydroxyl groups is 1. The summed E-state index contributed by atoms with van der Waals surface area (Å²) >= 11 is 0. The zero-order chi connectivity index (χ0) is 11.7. The number of hydrogen-bond acceptors (Lipinski definition) is 2. The molecule has 0 saturated heterocycles. The number of aliphatic hydroxyl groups excluding tert-OH is 1. The van der Waals surface area contributed by atoms with Crippen LogP contribution in [-0.4, -0.2) is 14.9 Å². The van der Waals surface area contributed by atoms with E-state index < -0.39 is 0 Å². The highest BCUT2D eigenvalue weighted by Gasteiger charge is 2.09. The number of nitrogens with zero attached hydrogens (tertiary/aromatic N) is 2. The van der Waals surface area contributed by atoms with Crippen molar-refractivity contribution in [3.8, 4) is 5.69 Å². The Morgan fingerprint density at radius 2 is 2.06 bits per heavy atom. The van der Waals surface area contributed by atoms with Crippen molar-refractivity contribution in [2.45, 2.75) is 20.5 Å². The lowest BCUT2D eigenvalue weighted by atomic mass is 10.2. The Balaban J connectivity index is 2.52. The number of aryl methyl sites for hydroxylation is 2. The molecule has 2 aromatic rings. The van der Waals surface area contributed by atoms with Crippen LogP contribution in [0.3, 0.4) is 0 Å². The highest BCUT2D eigenvalue weighted by atomic mass is 19.1. The smallest absolute Gasteiger partial charge is 0.149 e. The van der Waals surface area contributed by atoms with E-state index in [1.807, 2.05) is 19.9 Å². The summed E-state index contributed by atoms with van der Waals surface area (Å²) in [6, 6.07) is 6.53. The van der Waals surface area contributed by atoms with E-state index in [4.69, 9.17) is 5.11 Å². The van der Waals surface area contributed by atoms with Crippen molar-refractivity contribution in [3.63, 3.8) is 0 Å². The van der Waals surface area contributed by atoms with Gasteiger partial charge in [0.2, 0.25) is 0 Å². The molecular weight excluding hydrogens is 207 g/mol. The van der Waals surface area contributed by atoms with Gasteiger partial charge in [0.15, 0.2) is 0 Å². The van der Waals surface area contributed by atoms with Crippen LogP contribution in [-0.2, 0) is 6.61 Å². The van der Waals surface area contributed by atoms with E-state index in [2.05, 4.69) is 5.10 Å². The monoisotopic (exact) mass is 220 g/mol. The van der Waals surface area contributed by atoms with Crippen LogP contribution in [0.4, 0.5) is 4.39 Å². The second-order valence-electron chi connectivity index (χ2n) is 3.78. The Morgan fingerprint density at radius 3 is 2.56 bits per heavy atom. The van der Waals surface area contributed by atoms with Crippen molar-refractivity contribution >= 4 is 0 Å². The molecule has 0 radical (unpaired) electrons. The number of hydrogen-bond donors (Lipinski definition) is 1. The van der Waals surface area contributed by atoms with Gasteiger partial charge in [-0.15, -0.1) is 0 Å². The van der Waals surface area contributed by atoms with Crippen LogP contribution in [0, 0.1) is 19.7 Å². The number of benzene rings is 1. The quantitative estimate of drug-likeness (QED) is 0.841. The highest BCUT2D eigenvalue weighted by molar-refractivity contribution is 5.37. The lowest BCUT2D eigenvalue weighted by Crippen LogP contribution is -2.02. The lowest BCUT2D eigenvalue weighted by molar-refractivity contribution is 0.281. The molecule has 3 nitrogen and oxygen atoms in total. The molecule has 1 aromatic carbocycles. The van der Waals surface area contributed by atoms with E-state index in [0.29, 0.717) is 11.3 Å². The molecule has 0 spiro atoms. The Hall–Kier alpha value is -1.68. The van der Waals surface area contributed by atoms with Gasteiger partial charge in [0, 0.05) is 5.69 Å². The molecule has 84 valence electrons. The summed E-state index contributed by atoms with van der Waals surface area (Å²) in [5.41, 5.74) is 2.70. The Bertz CT molecular complexity index is 520. The maximum atomic E-state index is 13.7. The third kappa shape index (κ3) is 1.84. The second-order valence-corrected chi connectivity index (χ2v) is 3.78. The molecule has 1 N–H and O–H groups in total. The van der Waals surface area contributed by atoms with Crippen LogP contribution >= 0.6 is 0 Å². The topological polar surface area (TPSA) is 38.0 Å². The summed E-state index contributed by atoms with van der Waals surface area (Å²) < 4.78 is 15.3. The van der Waals surface area contributed by atoms with Crippen molar-refractivity contribution in [2.24, 2.45) is 0 Å². The van der Waals surface area contributed by atoms with Gasteiger partial charge in [0.1, 0.15) is 11.5 Å². The van der Waals surface area contributed by atoms with Gasteiger partial charge < -0.3 is 5.11 Å². The zero-order valence-electron chi connectivity index (χ0n) is 9.24. The number of halogens is 1. The van der Waals surface area contributed by atoms with Gasteiger partial charge in [0.05, 0.1) is 12.3 Å². The molecule has 0 unspecified atom stereocenters. The van der Waals surface area contributed by atoms with Gasteiger partial charge in [-0.25, -0.2) is 9.07 Å². The Kier molecular flexibility index (Phi) is 2.75. The molecule has 0 aliphatic rings. The summed E-state index contributed by atoms with van der Waals surface area (Å²) in [5.74, 6) is -0.377. The first-order valence-electron chi connectivity index (χ1n) is 5.04. The summed E-state index contributed by atoms with van der Waals surface area (Å²) in [5, 5.41) is 13.1. The predicted octanol–water partition coefficient (Wildman–Crippen LogP) is 2.12. The van der Waals surface area contributed by atoms with Crippen molar-refractivity contribution in [3.05, 3.63) is 47.0 Å². The molecule has 0 aliphatic heterocycles. The number of rotatable bonds is 2. The molecule has 0 bridgehead atoms. The molecule has 1 heterocycles. The van der Waals surface area contributed by atoms with Crippen molar-refractivity contribution in [1.29, 1.82) is 0 Å². The SMILES string of the molecule is Cc1cc(C)n(-c2ccc(CO)cc2F)n1. The van der Waals surface area contributed by atoms with E-state index in [1.165, 1.54) is 6.07 Å². The van der Waals surface area contributed by atoms with Gasteiger partial charge in [-0.1, -0.05) is 6.07 Å². The van der Waals surface area contributed by atoms with Crippen LogP contribution in [0.15, 0.2) is 24.3 Å². The summed E-state index contributed by atoms with van der Waals surface area (Å²) in [6.45, 7) is 3.58. The molecule has 0 fully saturated rings. The summed E-state index contributed by atoms with van der Waals surface area (Å²) in [6.07, 6.45) is 0. The van der Waals surface area contributed by atoms with Crippen molar-refractivity contribution in [2.75, 3.05) is 0 Å². The average Bonchev–Trinajstić information content (AvgIpc) is 2.57. The minimum Gasteiger partial charge on any atom is -0.392 e.